The van der Waals surface area contributed by atoms with E-state index in [9.17, 15) is 9.59 Å². The molecule has 0 aliphatic carbocycles. The third-order valence-electron chi connectivity index (χ3n) is 4.57. The van der Waals surface area contributed by atoms with Gasteiger partial charge in [-0.1, -0.05) is 38.1 Å². The first-order chi connectivity index (χ1) is 12.0. The molecule has 1 heterocycles. The molecule has 0 spiro atoms. The highest BCUT2D eigenvalue weighted by molar-refractivity contribution is 6.04. The van der Waals surface area contributed by atoms with E-state index in [1.807, 2.05) is 47.4 Å². The molecule has 0 atom stereocenters. The van der Waals surface area contributed by atoms with Gasteiger partial charge in [-0.15, -0.1) is 0 Å². The van der Waals surface area contributed by atoms with Gasteiger partial charge in [0.05, 0.1) is 0 Å². The van der Waals surface area contributed by atoms with Gasteiger partial charge in [0, 0.05) is 30.8 Å². The third kappa shape index (κ3) is 4.27. The van der Waals surface area contributed by atoms with Crippen molar-refractivity contribution in [1.29, 1.82) is 0 Å². The Balaban J connectivity index is 1.67. The number of nitrogens with one attached hydrogen (secondary N) is 1. The molecular weight excluding hydrogens is 312 g/mol. The summed E-state index contributed by atoms with van der Waals surface area (Å²) in [5.41, 5.74) is 3.62. The van der Waals surface area contributed by atoms with Gasteiger partial charge in [0.1, 0.15) is 0 Å². The lowest BCUT2D eigenvalue weighted by Gasteiger charge is -2.16. The topological polar surface area (TPSA) is 49.4 Å². The molecule has 3 rings (SSSR count). The van der Waals surface area contributed by atoms with E-state index in [4.69, 9.17) is 0 Å². The number of hydrogen-bond acceptors (Lipinski definition) is 2. The molecule has 4 heteroatoms. The zero-order valence-electron chi connectivity index (χ0n) is 14.8. The van der Waals surface area contributed by atoms with Crippen LogP contribution in [-0.4, -0.2) is 23.3 Å². The van der Waals surface area contributed by atoms with E-state index in [2.05, 4.69) is 19.2 Å². The molecule has 2 amide bonds. The van der Waals surface area contributed by atoms with Crippen molar-refractivity contribution in [3.63, 3.8) is 0 Å². The number of nitrogens with zero attached hydrogens (tertiary/aromatic N) is 1. The Bertz CT molecular complexity index is 766. The minimum Gasteiger partial charge on any atom is -0.338 e. The molecule has 1 aliphatic heterocycles. The SMILES string of the molecule is CC(C)c1ccc(NC(=O)c2cccc(CN3CCCC3=O)c2)cc1. The average Bonchev–Trinajstić information content (AvgIpc) is 3.00. The van der Waals surface area contributed by atoms with Crippen LogP contribution in [0.5, 0.6) is 0 Å². The molecule has 0 saturated carbocycles. The Morgan fingerprint density at radius 3 is 2.56 bits per heavy atom. The standard InChI is InChI=1S/C21H24N2O2/c1-15(2)17-8-10-19(11-9-17)22-21(25)18-6-3-5-16(13-18)14-23-12-4-7-20(23)24/h3,5-6,8-11,13,15H,4,7,12,14H2,1-2H3,(H,22,25). The Kier molecular flexibility index (Phi) is 5.17. The second-order valence-corrected chi connectivity index (χ2v) is 6.85. The van der Waals surface area contributed by atoms with Crippen molar-refractivity contribution in [2.24, 2.45) is 0 Å². The summed E-state index contributed by atoms with van der Waals surface area (Å²) >= 11 is 0. The maximum absolute atomic E-state index is 12.5. The van der Waals surface area contributed by atoms with Gasteiger partial charge in [-0.25, -0.2) is 0 Å². The van der Waals surface area contributed by atoms with Crippen LogP contribution >= 0.6 is 0 Å². The molecule has 1 aliphatic rings. The molecule has 0 unspecified atom stereocenters. The number of hydrogen-bond donors (Lipinski definition) is 1. The highest BCUT2D eigenvalue weighted by atomic mass is 16.2. The van der Waals surface area contributed by atoms with Crippen LogP contribution in [0, 0.1) is 0 Å². The molecule has 0 radical (unpaired) electrons. The molecule has 130 valence electrons. The fourth-order valence-electron chi connectivity index (χ4n) is 3.06. The number of rotatable bonds is 5. The molecule has 2 aromatic carbocycles. The summed E-state index contributed by atoms with van der Waals surface area (Å²) in [6.45, 7) is 5.66. The minimum atomic E-state index is -0.133. The van der Waals surface area contributed by atoms with Crippen molar-refractivity contribution < 1.29 is 9.59 Å². The zero-order valence-corrected chi connectivity index (χ0v) is 14.8. The van der Waals surface area contributed by atoms with E-state index in [-0.39, 0.29) is 11.8 Å². The van der Waals surface area contributed by atoms with Gasteiger partial charge in [0.25, 0.3) is 5.91 Å². The van der Waals surface area contributed by atoms with Crippen LogP contribution in [-0.2, 0) is 11.3 Å². The van der Waals surface area contributed by atoms with Gasteiger partial charge in [-0.2, -0.15) is 0 Å². The summed E-state index contributed by atoms with van der Waals surface area (Å²) in [7, 11) is 0. The molecule has 4 nitrogen and oxygen atoms in total. The fourth-order valence-corrected chi connectivity index (χ4v) is 3.06. The van der Waals surface area contributed by atoms with Gasteiger partial charge >= 0.3 is 0 Å². The smallest absolute Gasteiger partial charge is 0.255 e. The third-order valence-corrected chi connectivity index (χ3v) is 4.57. The van der Waals surface area contributed by atoms with Gasteiger partial charge in [-0.05, 0) is 47.7 Å². The van der Waals surface area contributed by atoms with E-state index in [0.717, 1.165) is 24.2 Å². The lowest BCUT2D eigenvalue weighted by molar-refractivity contribution is -0.128. The molecular formula is C21H24N2O2. The van der Waals surface area contributed by atoms with Crippen molar-refractivity contribution in [2.45, 2.75) is 39.2 Å². The van der Waals surface area contributed by atoms with Gasteiger partial charge in [-0.3, -0.25) is 9.59 Å². The number of carbonyl (C=O) groups excluding carboxylic acids is 2. The van der Waals surface area contributed by atoms with E-state index in [0.29, 0.717) is 24.4 Å². The molecule has 0 aromatic heterocycles. The Morgan fingerprint density at radius 1 is 1.16 bits per heavy atom. The number of likely N-dealkylation sites (tertiary alicyclic amines) is 1. The highest BCUT2D eigenvalue weighted by Gasteiger charge is 2.20. The molecule has 1 saturated heterocycles. The van der Waals surface area contributed by atoms with E-state index in [1.54, 1.807) is 6.07 Å². The maximum Gasteiger partial charge on any atom is 0.255 e. The Labute approximate surface area is 148 Å². The van der Waals surface area contributed by atoms with E-state index in [1.165, 1.54) is 5.56 Å². The number of benzene rings is 2. The van der Waals surface area contributed by atoms with Gasteiger partial charge < -0.3 is 10.2 Å². The monoisotopic (exact) mass is 336 g/mol. The predicted molar refractivity (Wildman–Crippen MR) is 99.6 cm³/mol. The fraction of sp³-hybridized carbons (Fsp3) is 0.333. The zero-order chi connectivity index (χ0) is 17.8. The first-order valence-electron chi connectivity index (χ1n) is 8.81. The largest absolute Gasteiger partial charge is 0.338 e. The molecule has 25 heavy (non-hydrogen) atoms. The summed E-state index contributed by atoms with van der Waals surface area (Å²) in [4.78, 5) is 26.1. The number of anilines is 1. The normalized spacial score (nSPS) is 14.2. The van der Waals surface area contributed by atoms with Crippen LogP contribution in [0.3, 0.4) is 0 Å². The molecule has 1 fully saturated rings. The number of carbonyl (C=O) groups is 2. The van der Waals surface area contributed by atoms with Crippen LogP contribution in [0.1, 0.15) is 54.1 Å². The first kappa shape index (κ1) is 17.2. The summed E-state index contributed by atoms with van der Waals surface area (Å²) < 4.78 is 0. The molecule has 0 bridgehead atoms. The average molecular weight is 336 g/mol. The van der Waals surface area contributed by atoms with Crippen LogP contribution in [0.15, 0.2) is 48.5 Å². The van der Waals surface area contributed by atoms with Crippen LogP contribution < -0.4 is 5.32 Å². The number of amides is 2. The van der Waals surface area contributed by atoms with Gasteiger partial charge in [0.2, 0.25) is 5.91 Å². The second-order valence-electron chi connectivity index (χ2n) is 6.85. The van der Waals surface area contributed by atoms with Crippen molar-refractivity contribution in [2.75, 3.05) is 11.9 Å². The Morgan fingerprint density at radius 2 is 1.92 bits per heavy atom. The van der Waals surface area contributed by atoms with Crippen molar-refractivity contribution in [3.05, 3.63) is 65.2 Å². The lowest BCUT2D eigenvalue weighted by Crippen LogP contribution is -2.24. The summed E-state index contributed by atoms with van der Waals surface area (Å²) in [6, 6.07) is 15.4. The quantitative estimate of drug-likeness (QED) is 0.890. The first-order valence-corrected chi connectivity index (χ1v) is 8.81. The summed E-state index contributed by atoms with van der Waals surface area (Å²) in [5.74, 6) is 0.529. The van der Waals surface area contributed by atoms with Crippen LogP contribution in [0.4, 0.5) is 5.69 Å². The second kappa shape index (κ2) is 7.51. The highest BCUT2D eigenvalue weighted by Crippen LogP contribution is 2.19. The van der Waals surface area contributed by atoms with Crippen LogP contribution in [0.2, 0.25) is 0 Å². The lowest BCUT2D eigenvalue weighted by atomic mass is 10.0. The summed E-state index contributed by atoms with van der Waals surface area (Å²) in [6.07, 6.45) is 1.55. The van der Waals surface area contributed by atoms with E-state index >= 15 is 0 Å². The van der Waals surface area contributed by atoms with Crippen LogP contribution in [0.25, 0.3) is 0 Å². The maximum atomic E-state index is 12.5. The minimum absolute atomic E-state index is 0.133. The van der Waals surface area contributed by atoms with E-state index < -0.39 is 0 Å². The summed E-state index contributed by atoms with van der Waals surface area (Å²) in [5, 5.41) is 2.93. The van der Waals surface area contributed by atoms with Crippen molar-refractivity contribution in [3.8, 4) is 0 Å². The molecule has 2 aromatic rings. The Hall–Kier alpha value is -2.62. The van der Waals surface area contributed by atoms with Crippen molar-refractivity contribution >= 4 is 17.5 Å². The predicted octanol–water partition coefficient (Wildman–Crippen LogP) is 4.18. The van der Waals surface area contributed by atoms with Crippen molar-refractivity contribution in [1.82, 2.24) is 4.90 Å². The molecule has 1 N–H and O–H groups in total. The van der Waals surface area contributed by atoms with Gasteiger partial charge in [0.15, 0.2) is 0 Å².